The molecular formula is C18H25N5OS. The lowest BCUT2D eigenvalue weighted by Crippen LogP contribution is -2.37. The largest absolute Gasteiger partial charge is 0.338 e. The van der Waals surface area contributed by atoms with Crippen LogP contribution in [0, 0.1) is 0 Å². The molecule has 2 aromatic rings. The molecule has 1 aliphatic heterocycles. The van der Waals surface area contributed by atoms with Crippen LogP contribution in [-0.2, 0) is 19.4 Å². The summed E-state index contributed by atoms with van der Waals surface area (Å²) in [4.78, 5) is 13.1. The normalized spacial score (nSPS) is 13.8. The Balaban J connectivity index is 1.32. The van der Waals surface area contributed by atoms with Crippen LogP contribution in [0.15, 0.2) is 35.2 Å². The number of benzene rings is 1. The zero-order valence-corrected chi connectivity index (χ0v) is 15.2. The molecule has 134 valence electrons. The molecule has 0 saturated carbocycles. The molecule has 0 unspecified atom stereocenters. The highest BCUT2D eigenvalue weighted by Gasteiger charge is 2.14. The Bertz CT molecular complexity index is 673. The van der Waals surface area contributed by atoms with Gasteiger partial charge < -0.3 is 15.2 Å². The molecule has 0 saturated heterocycles. The van der Waals surface area contributed by atoms with Gasteiger partial charge in [-0.25, -0.2) is 4.79 Å². The van der Waals surface area contributed by atoms with E-state index < -0.39 is 0 Å². The van der Waals surface area contributed by atoms with E-state index in [1.807, 2.05) is 18.2 Å². The summed E-state index contributed by atoms with van der Waals surface area (Å²) in [6.07, 6.45) is 5.37. The monoisotopic (exact) mass is 359 g/mol. The van der Waals surface area contributed by atoms with Gasteiger partial charge in [0.15, 0.2) is 0 Å². The van der Waals surface area contributed by atoms with Crippen molar-refractivity contribution in [2.45, 2.75) is 43.5 Å². The number of carbonyl (C=O) groups is 1. The molecule has 2 heterocycles. The molecule has 6 nitrogen and oxygen atoms in total. The fourth-order valence-electron chi connectivity index (χ4n) is 2.93. The number of aromatic nitrogens is 3. The summed E-state index contributed by atoms with van der Waals surface area (Å²) in [5.41, 5.74) is 0. The van der Waals surface area contributed by atoms with E-state index >= 15 is 0 Å². The standard InChI is InChI=1S/C18H25N5OS/c24-18(20-12-14-25-15-7-3-1-4-8-15)19-11-10-17-22-21-16-9-5-2-6-13-23(16)17/h1,3-4,7-8H,2,5-6,9-14H2,(H2,19,20,24). The van der Waals surface area contributed by atoms with Crippen LogP contribution in [0.4, 0.5) is 4.79 Å². The summed E-state index contributed by atoms with van der Waals surface area (Å²) in [5, 5.41) is 14.4. The van der Waals surface area contributed by atoms with Crippen LogP contribution in [0.1, 0.15) is 30.9 Å². The second-order valence-electron chi connectivity index (χ2n) is 6.09. The molecule has 7 heteroatoms. The van der Waals surface area contributed by atoms with Gasteiger partial charge in [0, 0.05) is 43.1 Å². The molecule has 0 spiro atoms. The Morgan fingerprint density at radius 2 is 1.92 bits per heavy atom. The van der Waals surface area contributed by atoms with Crippen LogP contribution in [0.2, 0.25) is 0 Å². The first-order valence-electron chi connectivity index (χ1n) is 8.93. The van der Waals surface area contributed by atoms with Crippen molar-refractivity contribution in [3.63, 3.8) is 0 Å². The van der Waals surface area contributed by atoms with Gasteiger partial charge in [0.2, 0.25) is 0 Å². The van der Waals surface area contributed by atoms with Crippen LogP contribution in [-0.4, -0.2) is 39.6 Å². The van der Waals surface area contributed by atoms with E-state index in [-0.39, 0.29) is 6.03 Å². The van der Waals surface area contributed by atoms with Crippen molar-refractivity contribution in [1.82, 2.24) is 25.4 Å². The van der Waals surface area contributed by atoms with Crippen molar-refractivity contribution < 1.29 is 4.79 Å². The Kier molecular flexibility index (Phi) is 6.73. The lowest BCUT2D eigenvalue weighted by atomic mass is 10.2. The minimum absolute atomic E-state index is 0.121. The summed E-state index contributed by atoms with van der Waals surface area (Å²) < 4.78 is 2.23. The summed E-state index contributed by atoms with van der Waals surface area (Å²) in [6, 6.07) is 10.1. The fraction of sp³-hybridized carbons (Fsp3) is 0.500. The molecule has 1 aliphatic rings. The lowest BCUT2D eigenvalue weighted by Gasteiger charge is -2.09. The van der Waals surface area contributed by atoms with Crippen molar-refractivity contribution in [1.29, 1.82) is 0 Å². The van der Waals surface area contributed by atoms with Crippen LogP contribution >= 0.6 is 11.8 Å². The number of urea groups is 1. The smallest absolute Gasteiger partial charge is 0.314 e. The molecule has 2 N–H and O–H groups in total. The van der Waals surface area contributed by atoms with E-state index in [1.165, 1.54) is 24.2 Å². The predicted molar refractivity (Wildman–Crippen MR) is 99.8 cm³/mol. The second kappa shape index (κ2) is 9.46. The average Bonchev–Trinajstić information content (AvgIpc) is 2.87. The third kappa shape index (κ3) is 5.49. The second-order valence-corrected chi connectivity index (χ2v) is 7.26. The van der Waals surface area contributed by atoms with E-state index in [0.717, 1.165) is 36.8 Å². The van der Waals surface area contributed by atoms with Gasteiger partial charge in [-0.1, -0.05) is 24.6 Å². The number of amides is 2. The van der Waals surface area contributed by atoms with Gasteiger partial charge in [0.25, 0.3) is 0 Å². The van der Waals surface area contributed by atoms with Crippen LogP contribution in [0.3, 0.4) is 0 Å². The third-order valence-electron chi connectivity index (χ3n) is 4.22. The average molecular weight is 359 g/mol. The molecule has 0 aliphatic carbocycles. The molecule has 3 rings (SSSR count). The van der Waals surface area contributed by atoms with Crippen LogP contribution in [0.25, 0.3) is 0 Å². The SMILES string of the molecule is O=C(NCCSc1ccccc1)NCCc1nnc2n1CCCCC2. The van der Waals surface area contributed by atoms with Gasteiger partial charge in [0.05, 0.1) is 0 Å². The molecule has 0 bridgehead atoms. The minimum atomic E-state index is -0.121. The topological polar surface area (TPSA) is 71.8 Å². The third-order valence-corrected chi connectivity index (χ3v) is 5.23. The van der Waals surface area contributed by atoms with Crippen LogP contribution < -0.4 is 10.6 Å². The number of fused-ring (bicyclic) bond motifs is 1. The molecule has 1 aromatic carbocycles. The van der Waals surface area contributed by atoms with Gasteiger partial charge in [0.1, 0.15) is 11.6 Å². The quantitative estimate of drug-likeness (QED) is 0.589. The minimum Gasteiger partial charge on any atom is -0.338 e. The first-order valence-corrected chi connectivity index (χ1v) is 9.92. The van der Waals surface area contributed by atoms with E-state index in [2.05, 4.69) is 37.5 Å². The van der Waals surface area contributed by atoms with Crippen molar-refractivity contribution in [3.05, 3.63) is 42.0 Å². The summed E-state index contributed by atoms with van der Waals surface area (Å²) in [6.45, 7) is 2.22. The number of carbonyl (C=O) groups excluding carboxylic acids is 1. The van der Waals surface area contributed by atoms with Gasteiger partial charge >= 0.3 is 6.03 Å². The van der Waals surface area contributed by atoms with E-state index in [9.17, 15) is 4.79 Å². The summed E-state index contributed by atoms with van der Waals surface area (Å²) in [5.74, 6) is 2.93. The number of nitrogens with zero attached hydrogens (tertiary/aromatic N) is 3. The van der Waals surface area contributed by atoms with Gasteiger partial charge in [-0.05, 0) is 25.0 Å². The van der Waals surface area contributed by atoms with Gasteiger partial charge in [-0.3, -0.25) is 0 Å². The first kappa shape index (κ1) is 17.8. The van der Waals surface area contributed by atoms with Gasteiger partial charge in [-0.15, -0.1) is 22.0 Å². The highest BCUT2D eigenvalue weighted by atomic mass is 32.2. The zero-order chi connectivity index (χ0) is 17.3. The number of rotatable bonds is 7. The van der Waals surface area contributed by atoms with E-state index in [0.29, 0.717) is 13.1 Å². The summed E-state index contributed by atoms with van der Waals surface area (Å²) in [7, 11) is 0. The fourth-order valence-corrected chi connectivity index (χ4v) is 3.72. The maximum absolute atomic E-state index is 11.9. The van der Waals surface area contributed by atoms with Gasteiger partial charge in [-0.2, -0.15) is 0 Å². The van der Waals surface area contributed by atoms with Crippen molar-refractivity contribution in [3.8, 4) is 0 Å². The van der Waals surface area contributed by atoms with Crippen molar-refractivity contribution in [2.24, 2.45) is 0 Å². The zero-order valence-electron chi connectivity index (χ0n) is 14.4. The van der Waals surface area contributed by atoms with E-state index in [1.54, 1.807) is 11.8 Å². The Labute approximate surface area is 152 Å². The predicted octanol–water partition coefficient (Wildman–Crippen LogP) is 2.64. The molecule has 1 aromatic heterocycles. The molecule has 0 fully saturated rings. The van der Waals surface area contributed by atoms with Crippen LogP contribution in [0.5, 0.6) is 0 Å². The van der Waals surface area contributed by atoms with Crippen molar-refractivity contribution in [2.75, 3.05) is 18.8 Å². The highest BCUT2D eigenvalue weighted by Crippen LogP contribution is 2.16. The number of nitrogens with one attached hydrogen (secondary N) is 2. The number of aryl methyl sites for hydroxylation is 1. The number of hydrogen-bond acceptors (Lipinski definition) is 4. The van der Waals surface area contributed by atoms with E-state index in [4.69, 9.17) is 0 Å². The highest BCUT2D eigenvalue weighted by molar-refractivity contribution is 7.99. The summed E-state index contributed by atoms with van der Waals surface area (Å²) >= 11 is 1.74. The Morgan fingerprint density at radius 3 is 2.80 bits per heavy atom. The lowest BCUT2D eigenvalue weighted by molar-refractivity contribution is 0.241. The molecule has 2 amide bonds. The maximum atomic E-state index is 11.9. The number of thioether (sulfide) groups is 1. The molecule has 0 radical (unpaired) electrons. The first-order chi connectivity index (χ1) is 12.3. The number of hydrogen-bond donors (Lipinski definition) is 2. The van der Waals surface area contributed by atoms with Crippen molar-refractivity contribution >= 4 is 17.8 Å². The molecular weight excluding hydrogens is 334 g/mol. The maximum Gasteiger partial charge on any atom is 0.314 e. The Morgan fingerprint density at radius 1 is 1.08 bits per heavy atom. The Hall–Kier alpha value is -2.02. The molecule has 25 heavy (non-hydrogen) atoms. The molecule has 0 atom stereocenters.